The molecule has 15 nitrogen and oxygen atoms in total. The minimum absolute atomic E-state index is 0. The van der Waals surface area contributed by atoms with Gasteiger partial charge in [-0.2, -0.15) is 0 Å². The Morgan fingerprint density at radius 1 is 1.07 bits per heavy atom. The number of halogens is 1. The van der Waals surface area contributed by atoms with Crippen molar-refractivity contribution in [1.82, 2.24) is 14.8 Å². The predicted molar refractivity (Wildman–Crippen MR) is 143 cm³/mol. The Bertz CT molecular complexity index is 1350. The van der Waals surface area contributed by atoms with Gasteiger partial charge in [0.2, 0.25) is 5.08 Å². The fraction of sp³-hybridized carbons (Fsp3) is 0.286. The Balaban J connectivity index is 0. The first-order valence-corrected chi connectivity index (χ1v) is 14.2. The van der Waals surface area contributed by atoms with Crippen LogP contribution >= 0.6 is 26.8 Å². The molecule has 40 heavy (non-hydrogen) atoms. The van der Waals surface area contributed by atoms with Crippen LogP contribution in [0.3, 0.4) is 0 Å². The largest absolute Gasteiger partial charge is 1.00 e. The van der Waals surface area contributed by atoms with Crippen molar-refractivity contribution in [3.8, 4) is 5.69 Å². The van der Waals surface area contributed by atoms with Gasteiger partial charge in [0, 0.05) is 16.1 Å². The normalized spacial score (nSPS) is 14.7. The maximum atomic E-state index is 10.7. The number of aliphatic imine (C=N–C) groups is 1. The zero-order valence-corrected chi connectivity index (χ0v) is 26.1. The zero-order chi connectivity index (χ0) is 26.7. The summed E-state index contributed by atoms with van der Waals surface area (Å²) in [6, 6.07) is 16.0. The van der Waals surface area contributed by atoms with Crippen LogP contribution in [-0.2, 0) is 15.7 Å². The molecule has 2 aromatic carbocycles. The summed E-state index contributed by atoms with van der Waals surface area (Å²) in [5.74, 6) is 1.69. The minimum atomic E-state index is -5.55. The monoisotopic (exact) mass is 633 g/mol. The van der Waals surface area contributed by atoms with E-state index in [2.05, 4.69) is 22.3 Å². The average Bonchev–Trinajstić information content (AvgIpc) is 3.09. The molecule has 2 atom stereocenters. The van der Waals surface area contributed by atoms with Crippen molar-refractivity contribution >= 4 is 32.5 Å². The van der Waals surface area contributed by atoms with Crippen molar-refractivity contribution < 1.29 is 79.8 Å². The second kappa shape index (κ2) is 16.3. The van der Waals surface area contributed by atoms with Gasteiger partial charge in [-0.3, -0.25) is 14.1 Å². The molecule has 1 aliphatic heterocycles. The Morgan fingerprint density at radius 3 is 2.20 bits per heavy atom. The third-order valence-corrected chi connectivity index (χ3v) is 9.47. The molecule has 3 aromatic rings. The average molecular weight is 634 g/mol. The standard InChI is InChI=1S/C17H13ClN4.C4H13NO7P2.Na.3H2O/c1-11-20-21-16-10-19-17(12-5-3-2-4-6-12)14-9-13(18)7-8-15(14)22(11)16;5-3-1-2-4(6,13(7,8)9)14(10,11)12;;;;/h2-9H,10H2,1H3;6H,1-3,5H2,(H2,7,8,9)(H2,10,11,12);;3*1H2/q;;+1;;;/p-1. The van der Waals surface area contributed by atoms with E-state index < -0.39 is 26.7 Å². The first-order chi connectivity index (χ1) is 16.8. The molecular weight excluding hydrogens is 603 g/mol. The van der Waals surface area contributed by atoms with Crippen molar-refractivity contribution in [1.29, 1.82) is 0 Å². The van der Waals surface area contributed by atoms with E-state index in [-0.39, 0.29) is 59.0 Å². The molecule has 0 radical (unpaired) electrons. The van der Waals surface area contributed by atoms with E-state index in [0.717, 1.165) is 34.2 Å². The van der Waals surface area contributed by atoms with Gasteiger partial charge in [-0.1, -0.05) is 41.9 Å². The number of aryl methyl sites for hydroxylation is 1. The van der Waals surface area contributed by atoms with Crippen LogP contribution in [-0.4, -0.2) is 68.3 Å². The number of aromatic nitrogens is 3. The third-order valence-electron chi connectivity index (χ3n) is 5.41. The van der Waals surface area contributed by atoms with Gasteiger partial charge in [0.25, 0.3) is 0 Å². The molecule has 2 heterocycles. The quantitative estimate of drug-likeness (QED) is 0.130. The topological polar surface area (TPSA) is 302 Å². The molecule has 1 aliphatic rings. The van der Waals surface area contributed by atoms with Crippen LogP contribution in [0.15, 0.2) is 53.5 Å². The van der Waals surface area contributed by atoms with Crippen molar-refractivity contribution in [2.24, 2.45) is 10.7 Å². The van der Waals surface area contributed by atoms with Gasteiger partial charge >= 0.3 is 37.2 Å². The summed E-state index contributed by atoms with van der Waals surface area (Å²) in [6.07, 6.45) is -0.959. The number of benzene rings is 2. The first-order valence-electron chi connectivity index (χ1n) is 10.6. The number of rotatable bonds is 6. The van der Waals surface area contributed by atoms with Crippen molar-refractivity contribution in [2.75, 3.05) is 6.54 Å². The molecule has 0 fully saturated rings. The molecule has 0 saturated heterocycles. The van der Waals surface area contributed by atoms with Gasteiger partial charge in [0.1, 0.15) is 12.4 Å². The molecule has 1 aromatic heterocycles. The summed E-state index contributed by atoms with van der Waals surface area (Å²) in [7, 11) is -10.9. The first kappa shape index (κ1) is 40.8. The summed E-state index contributed by atoms with van der Waals surface area (Å²) in [5, 5.41) is 14.8. The Kier molecular flexibility index (Phi) is 16.6. The van der Waals surface area contributed by atoms with Crippen LogP contribution in [0.2, 0.25) is 5.02 Å². The van der Waals surface area contributed by atoms with Gasteiger partial charge < -0.3 is 51.4 Å². The molecule has 0 aliphatic carbocycles. The summed E-state index contributed by atoms with van der Waals surface area (Å²) in [5.41, 5.74) is 9.01. The summed E-state index contributed by atoms with van der Waals surface area (Å²) < 4.78 is 23.3. The molecule has 0 spiro atoms. The number of hydrogen-bond acceptors (Lipinski definition) is 8. The molecule has 0 saturated carbocycles. The van der Waals surface area contributed by atoms with Crippen LogP contribution in [0.4, 0.5) is 0 Å². The van der Waals surface area contributed by atoms with E-state index in [4.69, 9.17) is 37.0 Å². The van der Waals surface area contributed by atoms with Crippen molar-refractivity contribution in [3.05, 3.63) is 76.3 Å². The van der Waals surface area contributed by atoms with E-state index in [9.17, 15) is 19.1 Å². The maximum Gasteiger partial charge on any atom is 1.00 e. The fourth-order valence-corrected chi connectivity index (χ4v) is 5.96. The third kappa shape index (κ3) is 8.82. The zero-order valence-electron chi connectivity index (χ0n) is 21.6. The van der Waals surface area contributed by atoms with Gasteiger partial charge in [-0.05, 0) is 44.5 Å². The number of fused-ring (bicyclic) bond motifs is 3. The molecule has 0 bridgehead atoms. The molecule has 2 unspecified atom stereocenters. The van der Waals surface area contributed by atoms with Gasteiger partial charge in [-0.25, -0.2) is 0 Å². The molecule has 12 N–H and O–H groups in total. The predicted octanol–water partition coefficient (Wildman–Crippen LogP) is -3.80. The fourth-order valence-electron chi connectivity index (χ4n) is 3.58. The van der Waals surface area contributed by atoms with Crippen molar-refractivity contribution in [2.45, 2.75) is 31.4 Å². The summed E-state index contributed by atoms with van der Waals surface area (Å²) >= 11 is 6.23. The van der Waals surface area contributed by atoms with Crippen molar-refractivity contribution in [3.63, 3.8) is 0 Å². The smallest absolute Gasteiger partial charge is 0.776 e. The van der Waals surface area contributed by atoms with Crippen LogP contribution < -0.4 is 40.2 Å². The number of nitrogens with two attached hydrogens (primary N) is 1. The Morgan fingerprint density at radius 2 is 1.68 bits per heavy atom. The number of aliphatic hydroxyl groups is 1. The second-order valence-corrected chi connectivity index (χ2v) is 12.3. The summed E-state index contributed by atoms with van der Waals surface area (Å²) in [4.78, 5) is 41.1. The Labute approximate surface area is 256 Å². The summed E-state index contributed by atoms with van der Waals surface area (Å²) in [6.45, 7) is 2.38. The second-order valence-electron chi connectivity index (χ2n) is 7.92. The number of hydrogen-bond donors (Lipinski definition) is 5. The van der Waals surface area contributed by atoms with E-state index in [0.29, 0.717) is 11.6 Å². The van der Waals surface area contributed by atoms with E-state index in [1.165, 1.54) is 0 Å². The van der Waals surface area contributed by atoms with Crippen LogP contribution in [0.5, 0.6) is 0 Å². The number of nitrogens with zero attached hydrogens (tertiary/aromatic N) is 4. The Hall–Kier alpha value is -1.36. The molecule has 0 amide bonds. The minimum Gasteiger partial charge on any atom is -0.776 e. The van der Waals surface area contributed by atoms with E-state index in [1.54, 1.807) is 0 Å². The van der Waals surface area contributed by atoms with E-state index in [1.807, 2.05) is 47.9 Å². The van der Waals surface area contributed by atoms with Gasteiger partial charge in [0.05, 0.1) is 11.4 Å². The van der Waals surface area contributed by atoms with Crippen LogP contribution in [0.1, 0.15) is 35.6 Å². The maximum absolute atomic E-state index is 10.7. The van der Waals surface area contributed by atoms with Crippen LogP contribution in [0, 0.1) is 6.92 Å². The van der Waals surface area contributed by atoms with Crippen LogP contribution in [0.25, 0.3) is 5.69 Å². The van der Waals surface area contributed by atoms with Gasteiger partial charge in [0.15, 0.2) is 13.4 Å². The molecule has 4 rings (SSSR count). The molecular formula is C21H31ClN5NaO10P2. The molecule has 19 heteroatoms. The van der Waals surface area contributed by atoms with Gasteiger partial charge in [-0.15, -0.1) is 10.2 Å². The van der Waals surface area contributed by atoms with E-state index >= 15 is 0 Å². The SMILES string of the molecule is Cc1nnc2n1-c1ccc(Cl)cc1C(c1ccccc1)=NC2.NCCCC(O)(P(=O)([O-])O)P(=O)(O)O.O.O.O.[Na+]. The molecule has 218 valence electrons.